The van der Waals surface area contributed by atoms with Gasteiger partial charge >= 0.3 is 0 Å². The van der Waals surface area contributed by atoms with Gasteiger partial charge in [-0.05, 0) is 31.0 Å². The lowest BCUT2D eigenvalue weighted by Gasteiger charge is -2.15. The van der Waals surface area contributed by atoms with Crippen molar-refractivity contribution >= 4 is 43.8 Å². The molecule has 0 N–H and O–H groups in total. The van der Waals surface area contributed by atoms with Crippen LogP contribution in [0, 0.1) is 0 Å². The van der Waals surface area contributed by atoms with Crippen molar-refractivity contribution in [2.45, 2.75) is 12.8 Å². The van der Waals surface area contributed by atoms with Gasteiger partial charge in [0.1, 0.15) is 17.4 Å². The van der Waals surface area contributed by atoms with E-state index in [4.69, 9.17) is 4.42 Å². The van der Waals surface area contributed by atoms with Gasteiger partial charge in [-0.15, -0.1) is 0 Å². The molecule has 0 atom stereocenters. The largest absolute Gasteiger partial charge is 0.450 e. The minimum absolute atomic E-state index is 0.803. The van der Waals surface area contributed by atoms with Gasteiger partial charge in [0.2, 0.25) is 0 Å². The molecule has 1 aliphatic rings. The summed E-state index contributed by atoms with van der Waals surface area (Å²) in [6, 6.07) is 5.99. The molecule has 4 rings (SSSR count). The molecule has 0 aliphatic carbocycles. The van der Waals surface area contributed by atoms with E-state index in [1.807, 2.05) is 18.2 Å². The van der Waals surface area contributed by atoms with Crippen molar-refractivity contribution < 1.29 is 4.42 Å². The number of anilines is 1. The third kappa shape index (κ3) is 1.72. The lowest BCUT2D eigenvalue weighted by atomic mass is 10.2. The van der Waals surface area contributed by atoms with Crippen LogP contribution in [0.1, 0.15) is 12.8 Å². The first kappa shape index (κ1) is 11.2. The summed E-state index contributed by atoms with van der Waals surface area (Å²) in [5.74, 6) is 0.926. The Hall–Kier alpha value is -1.62. The molecule has 2 aromatic heterocycles. The Balaban J connectivity index is 2.02. The predicted molar refractivity (Wildman–Crippen MR) is 78.5 cm³/mol. The summed E-state index contributed by atoms with van der Waals surface area (Å²) in [6.45, 7) is 2.10. The third-order valence-corrected chi connectivity index (χ3v) is 4.09. The van der Waals surface area contributed by atoms with E-state index in [0.717, 1.165) is 45.4 Å². The fourth-order valence-electron chi connectivity index (χ4n) is 2.69. The second-order valence-corrected chi connectivity index (χ2v) is 5.73. The smallest absolute Gasteiger partial charge is 0.196 e. The van der Waals surface area contributed by atoms with E-state index in [2.05, 4.69) is 30.8 Å². The van der Waals surface area contributed by atoms with Gasteiger partial charge in [0.25, 0.3) is 0 Å². The molecule has 0 spiro atoms. The number of hydrogen-bond acceptors (Lipinski definition) is 4. The SMILES string of the molecule is Brc1ccc2oc3c(N4CCCC4)ncnc3c2c1. The lowest BCUT2D eigenvalue weighted by molar-refractivity contribution is 0.663. The topological polar surface area (TPSA) is 42.2 Å². The van der Waals surface area contributed by atoms with E-state index in [1.54, 1.807) is 6.33 Å². The molecule has 1 saturated heterocycles. The molecule has 0 bridgehead atoms. The Morgan fingerprint density at radius 2 is 2.00 bits per heavy atom. The maximum Gasteiger partial charge on any atom is 0.196 e. The van der Waals surface area contributed by atoms with Crippen molar-refractivity contribution in [3.63, 3.8) is 0 Å². The molecule has 3 aromatic rings. The summed E-state index contributed by atoms with van der Waals surface area (Å²) >= 11 is 3.49. The molecular formula is C14H12BrN3O. The van der Waals surface area contributed by atoms with Crippen molar-refractivity contribution in [2.24, 2.45) is 0 Å². The van der Waals surface area contributed by atoms with Gasteiger partial charge in [-0.1, -0.05) is 15.9 Å². The van der Waals surface area contributed by atoms with Gasteiger partial charge in [0.05, 0.1) is 0 Å². The first-order valence-electron chi connectivity index (χ1n) is 6.40. The molecule has 1 aliphatic heterocycles. The van der Waals surface area contributed by atoms with Crippen LogP contribution in [0.4, 0.5) is 5.82 Å². The molecule has 96 valence electrons. The van der Waals surface area contributed by atoms with Crippen LogP contribution in [0.2, 0.25) is 0 Å². The molecule has 4 nitrogen and oxygen atoms in total. The zero-order valence-corrected chi connectivity index (χ0v) is 11.9. The fourth-order valence-corrected chi connectivity index (χ4v) is 3.05. The van der Waals surface area contributed by atoms with Crippen molar-refractivity contribution in [2.75, 3.05) is 18.0 Å². The summed E-state index contributed by atoms with van der Waals surface area (Å²) in [5, 5.41) is 1.03. The second kappa shape index (κ2) is 4.20. The van der Waals surface area contributed by atoms with Gasteiger partial charge in [-0.2, -0.15) is 0 Å². The minimum atomic E-state index is 0.803. The first-order chi connectivity index (χ1) is 9.33. The molecule has 3 heterocycles. The lowest BCUT2D eigenvalue weighted by Crippen LogP contribution is -2.19. The molecule has 0 saturated carbocycles. The number of nitrogens with zero attached hydrogens (tertiary/aromatic N) is 3. The van der Waals surface area contributed by atoms with Crippen molar-refractivity contribution in [1.29, 1.82) is 0 Å². The van der Waals surface area contributed by atoms with Crippen LogP contribution in [-0.2, 0) is 0 Å². The van der Waals surface area contributed by atoms with Gasteiger partial charge in [0.15, 0.2) is 11.4 Å². The highest BCUT2D eigenvalue weighted by Gasteiger charge is 2.20. The molecular weight excluding hydrogens is 306 g/mol. The monoisotopic (exact) mass is 317 g/mol. The first-order valence-corrected chi connectivity index (χ1v) is 7.20. The van der Waals surface area contributed by atoms with Crippen LogP contribution in [0.3, 0.4) is 0 Å². The van der Waals surface area contributed by atoms with Crippen LogP contribution in [0.5, 0.6) is 0 Å². The summed E-state index contributed by atoms with van der Waals surface area (Å²) in [5.41, 5.74) is 2.56. The quantitative estimate of drug-likeness (QED) is 0.685. The standard InChI is InChI=1S/C14H12BrN3O/c15-9-3-4-11-10(7-9)12-13(19-11)14(17-8-16-12)18-5-1-2-6-18/h3-4,7-8H,1-2,5-6H2. The second-order valence-electron chi connectivity index (χ2n) is 4.81. The maximum absolute atomic E-state index is 5.96. The molecule has 0 unspecified atom stereocenters. The number of rotatable bonds is 1. The predicted octanol–water partition coefficient (Wildman–Crippen LogP) is 3.74. The minimum Gasteiger partial charge on any atom is -0.450 e. The highest BCUT2D eigenvalue weighted by atomic mass is 79.9. The fraction of sp³-hybridized carbons (Fsp3) is 0.286. The zero-order chi connectivity index (χ0) is 12.8. The summed E-state index contributed by atoms with van der Waals surface area (Å²) in [7, 11) is 0. The van der Waals surface area contributed by atoms with Crippen LogP contribution in [-0.4, -0.2) is 23.1 Å². The Bertz CT molecular complexity index is 762. The average Bonchev–Trinajstić information content (AvgIpc) is 3.05. The Labute approximate surface area is 118 Å². The summed E-state index contributed by atoms with van der Waals surface area (Å²) in [6.07, 6.45) is 4.07. The zero-order valence-electron chi connectivity index (χ0n) is 10.3. The van der Waals surface area contributed by atoms with E-state index in [1.165, 1.54) is 12.8 Å². The average molecular weight is 318 g/mol. The highest BCUT2D eigenvalue weighted by molar-refractivity contribution is 9.10. The van der Waals surface area contributed by atoms with Gasteiger partial charge < -0.3 is 9.32 Å². The van der Waals surface area contributed by atoms with Crippen molar-refractivity contribution in [1.82, 2.24) is 9.97 Å². The van der Waals surface area contributed by atoms with E-state index in [-0.39, 0.29) is 0 Å². The molecule has 5 heteroatoms. The number of aromatic nitrogens is 2. The molecule has 19 heavy (non-hydrogen) atoms. The van der Waals surface area contributed by atoms with E-state index < -0.39 is 0 Å². The van der Waals surface area contributed by atoms with Gasteiger partial charge in [-0.25, -0.2) is 9.97 Å². The highest BCUT2D eigenvalue weighted by Crippen LogP contribution is 2.34. The van der Waals surface area contributed by atoms with Crippen LogP contribution in [0.15, 0.2) is 33.4 Å². The number of benzene rings is 1. The van der Waals surface area contributed by atoms with Crippen LogP contribution >= 0.6 is 15.9 Å². The normalized spacial score (nSPS) is 15.7. The van der Waals surface area contributed by atoms with Gasteiger partial charge in [-0.3, -0.25) is 0 Å². The number of halogens is 1. The van der Waals surface area contributed by atoms with E-state index >= 15 is 0 Å². The maximum atomic E-state index is 5.96. The summed E-state index contributed by atoms with van der Waals surface area (Å²) in [4.78, 5) is 11.1. The Morgan fingerprint density at radius 3 is 2.84 bits per heavy atom. The molecule has 1 fully saturated rings. The number of fused-ring (bicyclic) bond motifs is 3. The summed E-state index contributed by atoms with van der Waals surface area (Å²) < 4.78 is 6.99. The van der Waals surface area contributed by atoms with Crippen molar-refractivity contribution in [3.8, 4) is 0 Å². The molecule has 1 aromatic carbocycles. The third-order valence-electron chi connectivity index (χ3n) is 3.60. The Kier molecular flexibility index (Phi) is 2.48. The van der Waals surface area contributed by atoms with Crippen LogP contribution < -0.4 is 4.90 Å². The number of hydrogen-bond donors (Lipinski definition) is 0. The Morgan fingerprint density at radius 1 is 1.16 bits per heavy atom. The van der Waals surface area contributed by atoms with Gasteiger partial charge in [0, 0.05) is 22.9 Å². The molecule has 0 radical (unpaired) electrons. The van der Waals surface area contributed by atoms with E-state index in [9.17, 15) is 0 Å². The molecule has 0 amide bonds. The van der Waals surface area contributed by atoms with Crippen molar-refractivity contribution in [3.05, 3.63) is 29.0 Å². The van der Waals surface area contributed by atoms with E-state index in [0.29, 0.717) is 0 Å². The number of furan rings is 1. The van der Waals surface area contributed by atoms with Crippen LogP contribution in [0.25, 0.3) is 22.1 Å².